The first-order valence-electron chi connectivity index (χ1n) is 7.36. The molecule has 6 heteroatoms. The van der Waals surface area contributed by atoms with E-state index in [1.807, 2.05) is 37.3 Å². The van der Waals surface area contributed by atoms with E-state index in [9.17, 15) is 19.5 Å². The van der Waals surface area contributed by atoms with Crippen LogP contribution >= 0.6 is 0 Å². The molecule has 1 fully saturated rings. The monoisotopic (exact) mass is 304 g/mol. The van der Waals surface area contributed by atoms with Crippen molar-refractivity contribution in [2.45, 2.75) is 25.8 Å². The van der Waals surface area contributed by atoms with Gasteiger partial charge in [-0.15, -0.1) is 0 Å². The number of carboxylic acids is 1. The second kappa shape index (κ2) is 7.06. The van der Waals surface area contributed by atoms with Crippen molar-refractivity contribution in [2.75, 3.05) is 13.1 Å². The quantitative estimate of drug-likeness (QED) is 0.808. The van der Waals surface area contributed by atoms with E-state index in [1.165, 1.54) is 0 Å². The van der Waals surface area contributed by atoms with Crippen LogP contribution in [0.5, 0.6) is 0 Å². The molecule has 0 saturated carbocycles. The standard InChI is InChI=1S/C16H20N2O4/c1-2-18-10-12(9-14(18)19)15(20)17-13(16(21)22)8-11-6-4-3-5-7-11/h3-7,12-13H,2,8-10H2,1H3,(H,17,20)(H,21,22). The maximum atomic E-state index is 12.2. The molecule has 0 bridgehead atoms. The van der Waals surface area contributed by atoms with Crippen LogP contribution in [0.15, 0.2) is 30.3 Å². The zero-order valence-electron chi connectivity index (χ0n) is 12.5. The molecule has 0 aliphatic carbocycles. The predicted molar refractivity (Wildman–Crippen MR) is 80.1 cm³/mol. The summed E-state index contributed by atoms with van der Waals surface area (Å²) >= 11 is 0. The molecule has 0 radical (unpaired) electrons. The van der Waals surface area contributed by atoms with E-state index in [-0.39, 0.29) is 24.7 Å². The Morgan fingerprint density at radius 3 is 2.59 bits per heavy atom. The minimum atomic E-state index is -1.08. The lowest BCUT2D eigenvalue weighted by Crippen LogP contribution is -2.45. The van der Waals surface area contributed by atoms with Gasteiger partial charge in [-0.2, -0.15) is 0 Å². The van der Waals surface area contributed by atoms with Crippen LogP contribution in [-0.2, 0) is 20.8 Å². The Labute approximate surface area is 129 Å². The molecule has 2 unspecified atom stereocenters. The number of hydrogen-bond donors (Lipinski definition) is 2. The van der Waals surface area contributed by atoms with Gasteiger partial charge in [-0.25, -0.2) is 4.79 Å². The van der Waals surface area contributed by atoms with E-state index in [0.29, 0.717) is 13.1 Å². The summed E-state index contributed by atoms with van der Waals surface area (Å²) in [6.07, 6.45) is 0.372. The summed E-state index contributed by atoms with van der Waals surface area (Å²) < 4.78 is 0. The second-order valence-electron chi connectivity index (χ2n) is 5.42. The normalized spacial score (nSPS) is 19.0. The van der Waals surface area contributed by atoms with Crippen LogP contribution in [0.4, 0.5) is 0 Å². The molecule has 1 aliphatic rings. The van der Waals surface area contributed by atoms with Crippen molar-refractivity contribution in [2.24, 2.45) is 5.92 Å². The molecule has 1 aromatic rings. The van der Waals surface area contributed by atoms with Gasteiger partial charge < -0.3 is 15.3 Å². The lowest BCUT2D eigenvalue weighted by atomic mass is 10.0. The highest BCUT2D eigenvalue weighted by Crippen LogP contribution is 2.18. The van der Waals surface area contributed by atoms with Crippen molar-refractivity contribution < 1.29 is 19.5 Å². The fourth-order valence-electron chi connectivity index (χ4n) is 2.59. The average molecular weight is 304 g/mol. The molecular formula is C16H20N2O4. The third-order valence-electron chi connectivity index (χ3n) is 3.86. The van der Waals surface area contributed by atoms with Crippen molar-refractivity contribution in [1.29, 1.82) is 0 Å². The van der Waals surface area contributed by atoms with Crippen LogP contribution in [0.3, 0.4) is 0 Å². The van der Waals surface area contributed by atoms with E-state index in [2.05, 4.69) is 5.32 Å². The average Bonchev–Trinajstić information content (AvgIpc) is 2.88. The first kappa shape index (κ1) is 16.0. The van der Waals surface area contributed by atoms with Crippen molar-refractivity contribution in [3.63, 3.8) is 0 Å². The Kier molecular flexibility index (Phi) is 5.14. The van der Waals surface area contributed by atoms with Crippen molar-refractivity contribution in [3.8, 4) is 0 Å². The van der Waals surface area contributed by atoms with Gasteiger partial charge in [0.2, 0.25) is 11.8 Å². The van der Waals surface area contributed by atoms with E-state index in [1.54, 1.807) is 4.90 Å². The van der Waals surface area contributed by atoms with Crippen LogP contribution < -0.4 is 5.32 Å². The predicted octanol–water partition coefficient (Wildman–Crippen LogP) is 0.667. The number of nitrogens with one attached hydrogen (secondary N) is 1. The minimum absolute atomic E-state index is 0.0578. The van der Waals surface area contributed by atoms with Gasteiger partial charge in [0.25, 0.3) is 0 Å². The van der Waals surface area contributed by atoms with E-state index in [0.717, 1.165) is 5.56 Å². The largest absolute Gasteiger partial charge is 0.480 e. The number of benzene rings is 1. The third kappa shape index (κ3) is 3.84. The first-order chi connectivity index (χ1) is 10.5. The number of likely N-dealkylation sites (tertiary alicyclic amines) is 1. The minimum Gasteiger partial charge on any atom is -0.480 e. The molecule has 2 rings (SSSR count). The Bertz CT molecular complexity index is 559. The molecule has 1 heterocycles. The molecule has 0 aromatic heterocycles. The number of carboxylic acid groups (broad SMARTS) is 1. The zero-order chi connectivity index (χ0) is 16.1. The molecule has 0 spiro atoms. The molecule has 6 nitrogen and oxygen atoms in total. The first-order valence-corrected chi connectivity index (χ1v) is 7.36. The van der Waals surface area contributed by atoms with E-state index >= 15 is 0 Å². The van der Waals surface area contributed by atoms with Crippen molar-refractivity contribution in [3.05, 3.63) is 35.9 Å². The van der Waals surface area contributed by atoms with Crippen LogP contribution in [0, 0.1) is 5.92 Å². The number of carbonyl (C=O) groups is 3. The molecule has 1 aliphatic heterocycles. The molecular weight excluding hydrogens is 284 g/mol. The van der Waals surface area contributed by atoms with Gasteiger partial charge >= 0.3 is 5.97 Å². The van der Waals surface area contributed by atoms with Crippen molar-refractivity contribution >= 4 is 17.8 Å². The van der Waals surface area contributed by atoms with Gasteiger partial charge in [-0.1, -0.05) is 30.3 Å². The van der Waals surface area contributed by atoms with Crippen LogP contribution in [0.25, 0.3) is 0 Å². The van der Waals surface area contributed by atoms with Gasteiger partial charge in [0, 0.05) is 25.9 Å². The summed E-state index contributed by atoms with van der Waals surface area (Å²) in [6.45, 7) is 2.78. The van der Waals surface area contributed by atoms with Gasteiger partial charge in [-0.05, 0) is 12.5 Å². The summed E-state index contributed by atoms with van der Waals surface area (Å²) in [7, 11) is 0. The fourth-order valence-corrected chi connectivity index (χ4v) is 2.59. The lowest BCUT2D eigenvalue weighted by Gasteiger charge is -2.18. The number of amides is 2. The lowest BCUT2D eigenvalue weighted by molar-refractivity contribution is -0.142. The maximum Gasteiger partial charge on any atom is 0.326 e. The number of rotatable bonds is 6. The van der Waals surface area contributed by atoms with Crippen LogP contribution in [-0.4, -0.2) is 46.9 Å². The number of aliphatic carboxylic acids is 1. The maximum absolute atomic E-state index is 12.2. The highest BCUT2D eigenvalue weighted by atomic mass is 16.4. The topological polar surface area (TPSA) is 86.7 Å². The van der Waals surface area contributed by atoms with Gasteiger partial charge in [0.1, 0.15) is 6.04 Å². The van der Waals surface area contributed by atoms with Gasteiger partial charge in [0.15, 0.2) is 0 Å². The summed E-state index contributed by atoms with van der Waals surface area (Å²) in [5.41, 5.74) is 0.841. The number of hydrogen-bond acceptors (Lipinski definition) is 3. The summed E-state index contributed by atoms with van der Waals surface area (Å²) in [5, 5.41) is 11.8. The SMILES string of the molecule is CCN1CC(C(=O)NC(Cc2ccccc2)C(=O)O)CC1=O. The fraction of sp³-hybridized carbons (Fsp3) is 0.438. The zero-order valence-corrected chi connectivity index (χ0v) is 12.5. The number of nitrogens with zero attached hydrogens (tertiary/aromatic N) is 1. The Balaban J connectivity index is 1.98. The molecule has 2 amide bonds. The number of carbonyl (C=O) groups excluding carboxylic acids is 2. The van der Waals surface area contributed by atoms with E-state index in [4.69, 9.17) is 0 Å². The smallest absolute Gasteiger partial charge is 0.326 e. The molecule has 2 atom stereocenters. The molecule has 2 N–H and O–H groups in total. The van der Waals surface area contributed by atoms with Gasteiger partial charge in [0.05, 0.1) is 5.92 Å². The van der Waals surface area contributed by atoms with Crippen LogP contribution in [0.1, 0.15) is 18.9 Å². The Morgan fingerprint density at radius 2 is 2.05 bits per heavy atom. The highest BCUT2D eigenvalue weighted by molar-refractivity contribution is 5.91. The van der Waals surface area contributed by atoms with E-state index < -0.39 is 17.9 Å². The van der Waals surface area contributed by atoms with Crippen molar-refractivity contribution in [1.82, 2.24) is 10.2 Å². The highest BCUT2D eigenvalue weighted by Gasteiger charge is 2.35. The molecule has 22 heavy (non-hydrogen) atoms. The summed E-state index contributed by atoms with van der Waals surface area (Å²) in [6, 6.07) is 8.15. The van der Waals surface area contributed by atoms with Crippen LogP contribution in [0.2, 0.25) is 0 Å². The Morgan fingerprint density at radius 1 is 1.36 bits per heavy atom. The molecule has 1 saturated heterocycles. The second-order valence-corrected chi connectivity index (χ2v) is 5.42. The summed E-state index contributed by atoms with van der Waals surface area (Å²) in [4.78, 5) is 36.8. The summed E-state index contributed by atoms with van der Waals surface area (Å²) in [5.74, 6) is -1.97. The van der Waals surface area contributed by atoms with Gasteiger partial charge in [-0.3, -0.25) is 9.59 Å². The Hall–Kier alpha value is -2.37. The molecule has 118 valence electrons. The third-order valence-corrected chi connectivity index (χ3v) is 3.86. The molecule has 1 aromatic carbocycles.